The van der Waals surface area contributed by atoms with Crippen LogP contribution in [0.25, 0.3) is 5.82 Å². The second-order valence-electron chi connectivity index (χ2n) is 7.50. The molecule has 0 radical (unpaired) electrons. The number of rotatable bonds is 8. The zero-order chi connectivity index (χ0) is 21.4. The molecule has 0 aliphatic rings. The Labute approximate surface area is 202 Å². The summed E-state index contributed by atoms with van der Waals surface area (Å²) in [6.45, 7) is 7.97. The van der Waals surface area contributed by atoms with Gasteiger partial charge in [0.1, 0.15) is 11.6 Å². The molecule has 0 aliphatic heterocycles. The van der Waals surface area contributed by atoms with E-state index in [-0.39, 0.29) is 29.4 Å². The average Bonchev–Trinajstić information content (AvgIpc) is 3.23. The van der Waals surface area contributed by atoms with Crippen LogP contribution in [0.15, 0.2) is 66.0 Å². The molecular weight excluding hydrogens is 499 g/mol. The van der Waals surface area contributed by atoms with Crippen molar-refractivity contribution >= 4 is 29.9 Å². The van der Waals surface area contributed by atoms with Crippen LogP contribution < -0.4 is 10.6 Å². The Kier molecular flexibility index (Phi) is 9.48. The molecule has 0 unspecified atom stereocenters. The number of guanidine groups is 1. The number of imidazole rings is 1. The van der Waals surface area contributed by atoms with Crippen LogP contribution >= 0.6 is 24.0 Å². The largest absolute Gasteiger partial charge is 0.356 e. The lowest BCUT2D eigenvalue weighted by molar-refractivity contribution is 0.389. The fraction of sp³-hybridized carbons (Fsp3) is 0.375. The first-order valence-corrected chi connectivity index (χ1v) is 10.6. The van der Waals surface area contributed by atoms with E-state index in [0.717, 1.165) is 42.6 Å². The minimum Gasteiger partial charge on any atom is -0.356 e. The number of hydrogen-bond donors (Lipinski definition) is 2. The molecular formula is C24H33IN6. The molecule has 0 saturated carbocycles. The Morgan fingerprint density at radius 2 is 1.77 bits per heavy atom. The smallest absolute Gasteiger partial charge is 0.191 e. The molecule has 3 aromatic rings. The summed E-state index contributed by atoms with van der Waals surface area (Å²) in [4.78, 5) is 13.2. The number of aromatic nitrogens is 3. The van der Waals surface area contributed by atoms with E-state index in [1.54, 1.807) is 13.2 Å². The van der Waals surface area contributed by atoms with Crippen LogP contribution in [-0.4, -0.2) is 34.1 Å². The van der Waals surface area contributed by atoms with Crippen LogP contribution in [0, 0.1) is 6.92 Å². The fourth-order valence-electron chi connectivity index (χ4n) is 3.75. The summed E-state index contributed by atoms with van der Waals surface area (Å²) in [6, 6.07) is 14.8. The second kappa shape index (κ2) is 11.8. The van der Waals surface area contributed by atoms with Gasteiger partial charge in [0.15, 0.2) is 5.96 Å². The van der Waals surface area contributed by atoms with Gasteiger partial charge in [-0.15, -0.1) is 24.0 Å². The number of nitrogens with one attached hydrogen (secondary N) is 2. The summed E-state index contributed by atoms with van der Waals surface area (Å²) < 4.78 is 1.97. The molecule has 1 aromatic carbocycles. The molecule has 0 saturated heterocycles. The SMILES string of the molecule is CCC(CC)(CNC(=NC)NCc1ccc(-n2ccnc2C)nc1)c1ccccc1.I. The summed E-state index contributed by atoms with van der Waals surface area (Å²) in [7, 11) is 1.81. The third-order valence-corrected chi connectivity index (χ3v) is 5.90. The number of pyridine rings is 1. The van der Waals surface area contributed by atoms with Crippen LogP contribution in [0.4, 0.5) is 0 Å². The van der Waals surface area contributed by atoms with Crippen molar-refractivity contribution in [2.45, 2.75) is 45.6 Å². The first-order valence-electron chi connectivity index (χ1n) is 10.6. The number of aliphatic imine (C=N–C) groups is 1. The van der Waals surface area contributed by atoms with Crippen molar-refractivity contribution in [2.75, 3.05) is 13.6 Å². The van der Waals surface area contributed by atoms with Gasteiger partial charge in [-0.3, -0.25) is 9.56 Å². The molecule has 0 fully saturated rings. The molecule has 2 heterocycles. The lowest BCUT2D eigenvalue weighted by atomic mass is 9.76. The van der Waals surface area contributed by atoms with Crippen molar-refractivity contribution in [1.29, 1.82) is 0 Å². The first kappa shape index (κ1) is 24.8. The lowest BCUT2D eigenvalue weighted by Crippen LogP contribution is -2.45. The summed E-state index contributed by atoms with van der Waals surface area (Å²) in [6.07, 6.45) is 7.72. The molecule has 7 heteroatoms. The molecule has 6 nitrogen and oxygen atoms in total. The van der Waals surface area contributed by atoms with Crippen LogP contribution in [0.3, 0.4) is 0 Å². The molecule has 0 aliphatic carbocycles. The third kappa shape index (κ3) is 6.06. The summed E-state index contributed by atoms with van der Waals surface area (Å²) in [5.74, 6) is 2.59. The van der Waals surface area contributed by atoms with Gasteiger partial charge in [0.2, 0.25) is 0 Å². The van der Waals surface area contributed by atoms with Crippen molar-refractivity contribution < 1.29 is 0 Å². The predicted octanol–water partition coefficient (Wildman–Crippen LogP) is 4.62. The molecule has 2 N–H and O–H groups in total. The standard InChI is InChI=1S/C24H32N6.HI/c1-5-24(6-2,21-10-8-7-9-11-21)18-29-23(25-4)28-17-20-12-13-22(27-16-20)30-15-14-26-19(30)3;/h7-16H,5-6,17-18H2,1-4H3,(H2,25,28,29);1H. The minimum atomic E-state index is 0. The van der Waals surface area contributed by atoms with Crippen molar-refractivity contribution in [2.24, 2.45) is 4.99 Å². The van der Waals surface area contributed by atoms with Gasteiger partial charge >= 0.3 is 0 Å². The highest BCUT2D eigenvalue weighted by Crippen LogP contribution is 2.30. The second-order valence-corrected chi connectivity index (χ2v) is 7.50. The van der Waals surface area contributed by atoms with Gasteiger partial charge < -0.3 is 10.6 Å². The number of benzene rings is 1. The molecule has 2 aromatic heterocycles. The van der Waals surface area contributed by atoms with Gasteiger partial charge in [0, 0.05) is 44.1 Å². The number of nitrogens with zero attached hydrogens (tertiary/aromatic N) is 4. The maximum Gasteiger partial charge on any atom is 0.191 e. The normalized spacial score (nSPS) is 11.7. The van der Waals surface area contributed by atoms with E-state index in [0.29, 0.717) is 6.54 Å². The average molecular weight is 532 g/mol. The van der Waals surface area contributed by atoms with Gasteiger partial charge in [0.05, 0.1) is 0 Å². The van der Waals surface area contributed by atoms with Gasteiger partial charge in [-0.05, 0) is 37.0 Å². The highest BCUT2D eigenvalue weighted by Gasteiger charge is 2.28. The lowest BCUT2D eigenvalue weighted by Gasteiger charge is -2.33. The molecule has 0 amide bonds. The van der Waals surface area contributed by atoms with Gasteiger partial charge in [-0.2, -0.15) is 0 Å². The zero-order valence-corrected chi connectivity index (χ0v) is 21.1. The maximum atomic E-state index is 4.56. The van der Waals surface area contributed by atoms with Crippen molar-refractivity contribution in [3.8, 4) is 5.82 Å². The Morgan fingerprint density at radius 1 is 1.03 bits per heavy atom. The van der Waals surface area contributed by atoms with Crippen molar-refractivity contribution in [1.82, 2.24) is 25.2 Å². The van der Waals surface area contributed by atoms with E-state index in [4.69, 9.17) is 0 Å². The monoisotopic (exact) mass is 532 g/mol. The van der Waals surface area contributed by atoms with E-state index in [1.165, 1.54) is 5.56 Å². The summed E-state index contributed by atoms with van der Waals surface area (Å²) in [5.41, 5.74) is 2.55. The van der Waals surface area contributed by atoms with Gasteiger partial charge in [-0.25, -0.2) is 9.97 Å². The molecule has 3 rings (SSSR count). The van der Waals surface area contributed by atoms with E-state index < -0.39 is 0 Å². The number of aryl methyl sites for hydroxylation is 1. The topological polar surface area (TPSA) is 67.1 Å². The Bertz CT molecular complexity index is 946. The molecule has 31 heavy (non-hydrogen) atoms. The molecule has 0 spiro atoms. The summed E-state index contributed by atoms with van der Waals surface area (Å²) >= 11 is 0. The Balaban J connectivity index is 0.00000341. The van der Waals surface area contributed by atoms with Gasteiger partial charge in [0.25, 0.3) is 0 Å². The first-order chi connectivity index (χ1) is 14.6. The van der Waals surface area contributed by atoms with Crippen LogP contribution in [0.1, 0.15) is 43.6 Å². The summed E-state index contributed by atoms with van der Waals surface area (Å²) in [5, 5.41) is 6.93. The van der Waals surface area contributed by atoms with Gasteiger partial charge in [-0.1, -0.05) is 50.2 Å². The van der Waals surface area contributed by atoms with E-state index >= 15 is 0 Å². The van der Waals surface area contributed by atoms with Crippen molar-refractivity contribution in [3.05, 3.63) is 78.0 Å². The number of halogens is 1. The Morgan fingerprint density at radius 3 is 2.32 bits per heavy atom. The van der Waals surface area contributed by atoms with E-state index in [1.807, 2.05) is 30.0 Å². The zero-order valence-electron chi connectivity index (χ0n) is 18.8. The molecule has 166 valence electrons. The molecule has 0 bridgehead atoms. The molecule has 0 atom stereocenters. The third-order valence-electron chi connectivity index (χ3n) is 5.90. The van der Waals surface area contributed by atoms with Crippen LogP contribution in [0.5, 0.6) is 0 Å². The number of hydrogen-bond acceptors (Lipinski definition) is 3. The van der Waals surface area contributed by atoms with Crippen LogP contribution in [0.2, 0.25) is 0 Å². The quantitative estimate of drug-likeness (QED) is 0.253. The maximum absolute atomic E-state index is 4.56. The van der Waals surface area contributed by atoms with E-state index in [2.05, 4.69) is 75.8 Å². The van der Waals surface area contributed by atoms with Crippen LogP contribution in [-0.2, 0) is 12.0 Å². The Hall–Kier alpha value is -2.42. The van der Waals surface area contributed by atoms with E-state index in [9.17, 15) is 0 Å². The highest BCUT2D eigenvalue weighted by molar-refractivity contribution is 14.0. The fourth-order valence-corrected chi connectivity index (χ4v) is 3.75. The van der Waals surface area contributed by atoms with Crippen molar-refractivity contribution in [3.63, 3.8) is 0 Å². The minimum absolute atomic E-state index is 0. The predicted molar refractivity (Wildman–Crippen MR) is 138 cm³/mol. The highest BCUT2D eigenvalue weighted by atomic mass is 127.